The lowest BCUT2D eigenvalue weighted by molar-refractivity contribution is -0.140. The fourth-order valence-corrected chi connectivity index (χ4v) is 5.97. The van der Waals surface area contributed by atoms with Gasteiger partial charge in [-0.2, -0.15) is 0 Å². The topological polar surface area (TPSA) is 86.8 Å². The molecule has 2 amide bonds. The number of aryl methyl sites for hydroxylation is 1. The summed E-state index contributed by atoms with van der Waals surface area (Å²) in [6.45, 7) is 7.13. The lowest BCUT2D eigenvalue weighted by Gasteiger charge is -2.34. The first kappa shape index (κ1) is 30.2. The van der Waals surface area contributed by atoms with Crippen LogP contribution in [0.4, 0.5) is 5.69 Å². The van der Waals surface area contributed by atoms with Crippen molar-refractivity contribution in [3.63, 3.8) is 0 Å². The number of hydrogen-bond donors (Lipinski definition) is 1. The normalized spacial score (nSPS) is 12.2. The molecule has 0 saturated heterocycles. The van der Waals surface area contributed by atoms with E-state index >= 15 is 0 Å². The van der Waals surface area contributed by atoms with Crippen LogP contribution in [-0.2, 0) is 32.6 Å². The summed E-state index contributed by atoms with van der Waals surface area (Å²) in [6.07, 6.45) is 0.933. The largest absolute Gasteiger partial charge is 0.352 e. The number of carbonyl (C=O) groups is 2. The van der Waals surface area contributed by atoms with Crippen molar-refractivity contribution in [1.29, 1.82) is 0 Å². The van der Waals surface area contributed by atoms with Gasteiger partial charge in [0.15, 0.2) is 0 Å². The Morgan fingerprint density at radius 3 is 2.10 bits per heavy atom. The summed E-state index contributed by atoms with van der Waals surface area (Å²) in [5.74, 6) is -0.776. The Balaban J connectivity index is 2.08. The molecule has 0 aliphatic carbocycles. The van der Waals surface area contributed by atoms with Crippen LogP contribution in [0.2, 0.25) is 5.02 Å². The Morgan fingerprint density at radius 1 is 0.897 bits per heavy atom. The summed E-state index contributed by atoms with van der Waals surface area (Å²) in [5.41, 5.74) is 2.00. The van der Waals surface area contributed by atoms with E-state index in [9.17, 15) is 18.0 Å². The number of carbonyl (C=O) groups excluding carboxylic acids is 2. The Bertz CT molecular complexity index is 1360. The molecule has 0 aliphatic heterocycles. The van der Waals surface area contributed by atoms with Crippen LogP contribution in [0.3, 0.4) is 0 Å². The van der Waals surface area contributed by atoms with Gasteiger partial charge in [0, 0.05) is 17.6 Å². The second kappa shape index (κ2) is 13.6. The van der Waals surface area contributed by atoms with E-state index in [0.717, 1.165) is 15.4 Å². The van der Waals surface area contributed by atoms with Crippen molar-refractivity contribution >= 4 is 39.1 Å². The number of nitrogens with one attached hydrogen (secondary N) is 1. The standard InChI is InChI=1S/C30H36ClN3O4S/c1-5-24-12-10-11-15-28(24)34(39(37,38)26-13-8-7-9-14-26)21-29(35)33(20-23-16-18-25(31)19-17-23)27(6-2)30(36)32-22(3)4/h7-19,22,27H,5-6,20-21H2,1-4H3,(H,32,36)/t27-/m1/s1. The number of rotatable bonds is 12. The maximum atomic E-state index is 14.1. The first-order valence-corrected chi connectivity index (χ1v) is 14.9. The molecule has 3 aromatic carbocycles. The Labute approximate surface area is 236 Å². The number of amides is 2. The van der Waals surface area contributed by atoms with Crippen LogP contribution >= 0.6 is 11.6 Å². The first-order valence-electron chi connectivity index (χ1n) is 13.1. The van der Waals surface area contributed by atoms with Crippen LogP contribution in [0.25, 0.3) is 0 Å². The Kier molecular flexibility index (Phi) is 10.5. The molecular formula is C30H36ClN3O4S. The third-order valence-corrected chi connectivity index (χ3v) is 8.36. The van der Waals surface area contributed by atoms with Crippen molar-refractivity contribution in [3.05, 3.63) is 95.0 Å². The summed E-state index contributed by atoms with van der Waals surface area (Å²) in [7, 11) is -4.10. The molecule has 1 N–H and O–H groups in total. The van der Waals surface area contributed by atoms with Gasteiger partial charge in [-0.15, -0.1) is 0 Å². The lowest BCUT2D eigenvalue weighted by Crippen LogP contribution is -2.53. The van der Waals surface area contributed by atoms with E-state index in [0.29, 0.717) is 23.6 Å². The maximum absolute atomic E-state index is 14.1. The van der Waals surface area contributed by atoms with Gasteiger partial charge < -0.3 is 10.2 Å². The van der Waals surface area contributed by atoms with Gasteiger partial charge in [0.1, 0.15) is 12.6 Å². The molecule has 0 aromatic heterocycles. The molecule has 3 rings (SSSR count). The van der Waals surface area contributed by atoms with Gasteiger partial charge in [0.05, 0.1) is 10.6 Å². The van der Waals surface area contributed by atoms with Crippen molar-refractivity contribution in [2.75, 3.05) is 10.8 Å². The van der Waals surface area contributed by atoms with Crippen LogP contribution < -0.4 is 9.62 Å². The van der Waals surface area contributed by atoms with Gasteiger partial charge in [-0.05, 0) is 68.1 Å². The predicted molar refractivity (Wildman–Crippen MR) is 156 cm³/mol. The monoisotopic (exact) mass is 569 g/mol. The highest BCUT2D eigenvalue weighted by Gasteiger charge is 2.34. The third kappa shape index (κ3) is 7.61. The fraction of sp³-hybridized carbons (Fsp3) is 0.333. The second-order valence-corrected chi connectivity index (χ2v) is 11.8. The minimum Gasteiger partial charge on any atom is -0.352 e. The van der Waals surface area contributed by atoms with E-state index in [1.165, 1.54) is 17.0 Å². The quantitative estimate of drug-likeness (QED) is 0.315. The molecule has 0 unspecified atom stereocenters. The molecule has 39 heavy (non-hydrogen) atoms. The molecule has 0 aliphatic rings. The zero-order valence-corrected chi connectivity index (χ0v) is 24.4. The second-order valence-electron chi connectivity index (χ2n) is 9.54. The van der Waals surface area contributed by atoms with Crippen LogP contribution in [0.15, 0.2) is 83.8 Å². The molecule has 208 valence electrons. The van der Waals surface area contributed by atoms with E-state index in [1.54, 1.807) is 54.6 Å². The molecule has 0 saturated carbocycles. The van der Waals surface area contributed by atoms with Gasteiger partial charge in [0.2, 0.25) is 11.8 Å². The van der Waals surface area contributed by atoms with Crippen molar-refractivity contribution < 1.29 is 18.0 Å². The smallest absolute Gasteiger partial charge is 0.264 e. The summed E-state index contributed by atoms with van der Waals surface area (Å²) in [6, 6.07) is 21.3. The number of para-hydroxylation sites is 1. The molecule has 1 atom stereocenters. The number of sulfonamides is 1. The van der Waals surface area contributed by atoms with E-state index in [2.05, 4.69) is 5.32 Å². The molecule has 0 bridgehead atoms. The van der Waals surface area contributed by atoms with Crippen LogP contribution in [0.5, 0.6) is 0 Å². The van der Waals surface area contributed by atoms with Gasteiger partial charge in [-0.3, -0.25) is 13.9 Å². The maximum Gasteiger partial charge on any atom is 0.264 e. The summed E-state index contributed by atoms with van der Waals surface area (Å²) in [4.78, 5) is 28.8. The molecule has 7 nitrogen and oxygen atoms in total. The zero-order chi connectivity index (χ0) is 28.6. The van der Waals surface area contributed by atoms with Gasteiger partial charge in [0.25, 0.3) is 10.0 Å². The molecular weight excluding hydrogens is 534 g/mol. The summed E-state index contributed by atoms with van der Waals surface area (Å²) in [5, 5.41) is 3.45. The van der Waals surface area contributed by atoms with Crippen molar-refractivity contribution in [1.82, 2.24) is 10.2 Å². The molecule has 3 aromatic rings. The highest BCUT2D eigenvalue weighted by atomic mass is 35.5. The number of benzene rings is 3. The molecule has 9 heteroatoms. The number of hydrogen-bond acceptors (Lipinski definition) is 4. The average molecular weight is 570 g/mol. The predicted octanol–water partition coefficient (Wildman–Crippen LogP) is 5.43. The first-order chi connectivity index (χ1) is 18.6. The number of halogens is 1. The molecule has 0 spiro atoms. The zero-order valence-electron chi connectivity index (χ0n) is 22.8. The van der Waals surface area contributed by atoms with Crippen LogP contribution in [0.1, 0.15) is 45.2 Å². The molecule has 0 heterocycles. The van der Waals surface area contributed by atoms with Crippen LogP contribution in [0, 0.1) is 0 Å². The van der Waals surface area contributed by atoms with Crippen molar-refractivity contribution in [3.8, 4) is 0 Å². The fourth-order valence-electron chi connectivity index (χ4n) is 4.37. The molecule has 0 fully saturated rings. The number of anilines is 1. The van der Waals surface area contributed by atoms with E-state index in [4.69, 9.17) is 11.6 Å². The van der Waals surface area contributed by atoms with Gasteiger partial charge in [-0.1, -0.05) is 74.0 Å². The third-order valence-electron chi connectivity index (χ3n) is 6.33. The van der Waals surface area contributed by atoms with Gasteiger partial charge in [-0.25, -0.2) is 8.42 Å². The Morgan fingerprint density at radius 2 is 1.51 bits per heavy atom. The average Bonchev–Trinajstić information content (AvgIpc) is 2.92. The minimum absolute atomic E-state index is 0.0811. The number of nitrogens with zero attached hydrogens (tertiary/aromatic N) is 2. The van der Waals surface area contributed by atoms with Crippen molar-refractivity contribution in [2.24, 2.45) is 0 Å². The highest BCUT2D eigenvalue weighted by molar-refractivity contribution is 7.92. The summed E-state index contributed by atoms with van der Waals surface area (Å²) >= 11 is 6.06. The van der Waals surface area contributed by atoms with E-state index in [-0.39, 0.29) is 23.4 Å². The minimum atomic E-state index is -4.10. The van der Waals surface area contributed by atoms with E-state index < -0.39 is 28.5 Å². The SMILES string of the molecule is CCc1ccccc1N(CC(=O)N(Cc1ccc(Cl)cc1)[C@H](CC)C(=O)NC(C)C)S(=O)(=O)c1ccccc1. The molecule has 0 radical (unpaired) electrons. The van der Waals surface area contributed by atoms with Crippen molar-refractivity contribution in [2.45, 2.75) is 64.1 Å². The lowest BCUT2D eigenvalue weighted by atomic mass is 10.1. The van der Waals surface area contributed by atoms with Gasteiger partial charge >= 0.3 is 0 Å². The van der Waals surface area contributed by atoms with Crippen LogP contribution in [-0.4, -0.2) is 43.8 Å². The highest BCUT2D eigenvalue weighted by Crippen LogP contribution is 2.28. The van der Waals surface area contributed by atoms with E-state index in [1.807, 2.05) is 39.8 Å². The Hall–Kier alpha value is -3.36. The summed E-state index contributed by atoms with van der Waals surface area (Å²) < 4.78 is 29.0.